The van der Waals surface area contributed by atoms with E-state index < -0.39 is 0 Å². The molecule has 6 aromatic rings. The lowest BCUT2D eigenvalue weighted by molar-refractivity contribution is 1.18. The molecule has 0 atom stereocenters. The molecule has 0 amide bonds. The highest BCUT2D eigenvalue weighted by Crippen LogP contribution is 2.50. The Morgan fingerprint density at radius 3 is 1.93 bits per heavy atom. The first-order valence-electron chi connectivity index (χ1n) is 10.1. The Morgan fingerprint density at radius 1 is 0.414 bits per heavy atom. The molecule has 0 radical (unpaired) electrons. The van der Waals surface area contributed by atoms with Crippen molar-refractivity contribution in [3.63, 3.8) is 0 Å². The molecule has 0 N–H and O–H groups in total. The fourth-order valence-corrected chi connectivity index (χ4v) is 5.18. The number of rotatable bonds is 1. The number of hydrogen-bond donors (Lipinski definition) is 0. The number of hydrogen-bond acceptors (Lipinski definition) is 0. The predicted molar refractivity (Wildman–Crippen MR) is 123 cm³/mol. The highest BCUT2D eigenvalue weighted by atomic mass is 15.0. The minimum Gasteiger partial charge on any atom is -0.309 e. The minimum absolute atomic E-state index is 1.20. The predicted octanol–water partition coefficient (Wildman–Crippen LogP) is 7.58. The first kappa shape index (κ1) is 15.1. The zero-order valence-corrected chi connectivity index (χ0v) is 15.8. The summed E-state index contributed by atoms with van der Waals surface area (Å²) in [7, 11) is 0. The van der Waals surface area contributed by atoms with Crippen LogP contribution in [0.2, 0.25) is 0 Å². The normalized spacial score (nSPS) is 12.1. The molecule has 1 aliphatic rings. The molecule has 7 rings (SSSR count). The summed E-state index contributed by atoms with van der Waals surface area (Å²) < 4.78 is 2.41. The van der Waals surface area contributed by atoms with Crippen molar-refractivity contribution in [3.05, 3.63) is 103 Å². The van der Waals surface area contributed by atoms with Crippen LogP contribution in [0.25, 0.3) is 60.5 Å². The fourth-order valence-electron chi connectivity index (χ4n) is 5.18. The summed E-state index contributed by atoms with van der Waals surface area (Å²) in [5.41, 5.74) is 9.11. The molecular formula is C28H17N. The van der Waals surface area contributed by atoms with Crippen LogP contribution < -0.4 is 0 Å². The highest BCUT2D eigenvalue weighted by molar-refractivity contribution is 6.29. The zero-order chi connectivity index (χ0) is 18.9. The van der Waals surface area contributed by atoms with Gasteiger partial charge in [-0.25, -0.2) is 0 Å². The first-order valence-corrected chi connectivity index (χ1v) is 10.1. The molecule has 0 fully saturated rings. The second-order valence-corrected chi connectivity index (χ2v) is 7.78. The summed E-state index contributed by atoms with van der Waals surface area (Å²) >= 11 is 0. The van der Waals surface area contributed by atoms with E-state index in [0.717, 1.165) is 0 Å². The second kappa shape index (κ2) is 5.36. The Kier molecular flexibility index (Phi) is 2.80. The molecule has 1 heteroatoms. The van der Waals surface area contributed by atoms with Crippen LogP contribution in [0, 0.1) is 0 Å². The summed E-state index contributed by atoms with van der Waals surface area (Å²) in [6, 6.07) is 37.4. The molecule has 1 aromatic heterocycles. The van der Waals surface area contributed by atoms with Gasteiger partial charge in [0, 0.05) is 16.5 Å². The molecular weight excluding hydrogens is 350 g/mol. The van der Waals surface area contributed by atoms with Gasteiger partial charge in [-0.2, -0.15) is 0 Å². The molecule has 0 unspecified atom stereocenters. The van der Waals surface area contributed by atoms with Gasteiger partial charge in [-0.1, -0.05) is 78.9 Å². The van der Waals surface area contributed by atoms with Gasteiger partial charge >= 0.3 is 0 Å². The van der Waals surface area contributed by atoms with E-state index in [4.69, 9.17) is 0 Å². The van der Waals surface area contributed by atoms with Gasteiger partial charge in [-0.3, -0.25) is 0 Å². The lowest BCUT2D eigenvalue weighted by Gasteiger charge is -2.09. The zero-order valence-electron chi connectivity index (χ0n) is 15.8. The number of nitrogens with zero attached hydrogens (tertiary/aromatic N) is 1. The molecule has 134 valence electrons. The van der Waals surface area contributed by atoms with Crippen LogP contribution in [0.15, 0.2) is 103 Å². The molecule has 0 bridgehead atoms. The van der Waals surface area contributed by atoms with Gasteiger partial charge in [0.1, 0.15) is 0 Å². The van der Waals surface area contributed by atoms with Gasteiger partial charge in [-0.15, -0.1) is 0 Å². The SMILES string of the molecule is c1ccc(-n2c3ccccc3c3c4cccc5c4c(cc32)-c2ccccc2-5)cc1. The third-order valence-corrected chi connectivity index (χ3v) is 6.32. The molecule has 0 aliphatic heterocycles. The van der Waals surface area contributed by atoms with E-state index in [0.29, 0.717) is 0 Å². The number of fused-ring (bicyclic) bond motifs is 7. The standard InChI is InChI=1S/C28H17N/c1-2-9-18(10-3-1)29-25-16-7-6-13-22(25)28-23-15-8-14-21-19-11-4-5-12-20(19)24(27(21)23)17-26(28)29/h1-17H. The highest BCUT2D eigenvalue weighted by Gasteiger charge is 2.24. The first-order chi connectivity index (χ1) is 14.4. The van der Waals surface area contributed by atoms with Crippen LogP contribution in [0.4, 0.5) is 0 Å². The van der Waals surface area contributed by atoms with Crippen LogP contribution in [-0.4, -0.2) is 4.57 Å². The van der Waals surface area contributed by atoms with Crippen molar-refractivity contribution in [2.45, 2.75) is 0 Å². The van der Waals surface area contributed by atoms with E-state index in [1.165, 1.54) is 60.5 Å². The molecule has 1 nitrogen and oxygen atoms in total. The van der Waals surface area contributed by atoms with Crippen molar-refractivity contribution >= 4 is 32.6 Å². The Bertz CT molecular complexity index is 1590. The van der Waals surface area contributed by atoms with E-state index in [2.05, 4.69) is 108 Å². The van der Waals surface area contributed by atoms with E-state index >= 15 is 0 Å². The molecule has 1 aliphatic carbocycles. The van der Waals surface area contributed by atoms with Gasteiger partial charge < -0.3 is 4.57 Å². The van der Waals surface area contributed by atoms with Crippen molar-refractivity contribution in [2.24, 2.45) is 0 Å². The Morgan fingerprint density at radius 2 is 1.07 bits per heavy atom. The van der Waals surface area contributed by atoms with Crippen LogP contribution in [0.1, 0.15) is 0 Å². The van der Waals surface area contributed by atoms with E-state index in [9.17, 15) is 0 Å². The van der Waals surface area contributed by atoms with E-state index in [1.54, 1.807) is 0 Å². The number of para-hydroxylation sites is 2. The molecule has 29 heavy (non-hydrogen) atoms. The lowest BCUT2D eigenvalue weighted by Crippen LogP contribution is -1.93. The van der Waals surface area contributed by atoms with Crippen molar-refractivity contribution in [2.75, 3.05) is 0 Å². The maximum atomic E-state index is 2.41. The monoisotopic (exact) mass is 367 g/mol. The van der Waals surface area contributed by atoms with Gasteiger partial charge in [-0.05, 0) is 57.3 Å². The van der Waals surface area contributed by atoms with Crippen LogP contribution >= 0.6 is 0 Å². The maximum absolute atomic E-state index is 2.41. The maximum Gasteiger partial charge on any atom is 0.0553 e. The van der Waals surface area contributed by atoms with Gasteiger partial charge in [0.15, 0.2) is 0 Å². The van der Waals surface area contributed by atoms with Crippen molar-refractivity contribution in [1.29, 1.82) is 0 Å². The Hall–Kier alpha value is -3.84. The van der Waals surface area contributed by atoms with Crippen LogP contribution in [0.3, 0.4) is 0 Å². The summed E-state index contributed by atoms with van der Waals surface area (Å²) in [6.07, 6.45) is 0. The topological polar surface area (TPSA) is 4.93 Å². The van der Waals surface area contributed by atoms with E-state index in [1.807, 2.05) is 0 Å². The molecule has 1 heterocycles. The van der Waals surface area contributed by atoms with Crippen LogP contribution in [0.5, 0.6) is 0 Å². The molecule has 0 saturated carbocycles. The summed E-state index contributed by atoms with van der Waals surface area (Å²) in [5.74, 6) is 0. The van der Waals surface area contributed by atoms with Gasteiger partial charge in [0.25, 0.3) is 0 Å². The van der Waals surface area contributed by atoms with Gasteiger partial charge in [0.05, 0.1) is 11.0 Å². The largest absolute Gasteiger partial charge is 0.309 e. The summed E-state index contributed by atoms with van der Waals surface area (Å²) in [5, 5.41) is 5.39. The fraction of sp³-hybridized carbons (Fsp3) is 0. The average Bonchev–Trinajstić information content (AvgIpc) is 3.29. The molecule has 0 spiro atoms. The number of aromatic nitrogens is 1. The smallest absolute Gasteiger partial charge is 0.0553 e. The third kappa shape index (κ3) is 1.85. The van der Waals surface area contributed by atoms with Crippen molar-refractivity contribution in [3.8, 4) is 27.9 Å². The average molecular weight is 367 g/mol. The van der Waals surface area contributed by atoms with Crippen molar-refractivity contribution < 1.29 is 0 Å². The van der Waals surface area contributed by atoms with E-state index in [-0.39, 0.29) is 0 Å². The number of benzene rings is 5. The van der Waals surface area contributed by atoms with Gasteiger partial charge in [0.2, 0.25) is 0 Å². The Balaban J connectivity index is 1.77. The quantitative estimate of drug-likeness (QED) is 0.282. The Labute approximate surface area is 168 Å². The molecule has 5 aromatic carbocycles. The molecule has 0 saturated heterocycles. The second-order valence-electron chi connectivity index (χ2n) is 7.78. The van der Waals surface area contributed by atoms with Crippen molar-refractivity contribution in [1.82, 2.24) is 4.57 Å². The summed E-state index contributed by atoms with van der Waals surface area (Å²) in [6.45, 7) is 0. The third-order valence-electron chi connectivity index (χ3n) is 6.32. The van der Waals surface area contributed by atoms with Crippen LogP contribution in [-0.2, 0) is 0 Å². The minimum atomic E-state index is 1.20. The summed E-state index contributed by atoms with van der Waals surface area (Å²) in [4.78, 5) is 0. The lowest BCUT2D eigenvalue weighted by atomic mass is 9.98.